The summed E-state index contributed by atoms with van der Waals surface area (Å²) in [5.41, 5.74) is 2.89. The van der Waals surface area contributed by atoms with Gasteiger partial charge >= 0.3 is 0 Å². The third kappa shape index (κ3) is 5.85. The predicted molar refractivity (Wildman–Crippen MR) is 105 cm³/mol. The topological polar surface area (TPSA) is 61.4 Å². The van der Waals surface area contributed by atoms with E-state index in [1.54, 1.807) is 18.9 Å². The van der Waals surface area contributed by atoms with Gasteiger partial charge in [0.25, 0.3) is 0 Å². The molecule has 0 aliphatic heterocycles. The van der Waals surface area contributed by atoms with Gasteiger partial charge in [-0.15, -0.1) is 0 Å². The molecule has 2 N–H and O–H groups in total. The number of halogens is 2. The number of amides is 2. The monoisotopic (exact) mass is 389 g/mol. The summed E-state index contributed by atoms with van der Waals surface area (Å²) >= 11 is 0. The van der Waals surface area contributed by atoms with E-state index in [1.165, 1.54) is 6.07 Å². The average molecular weight is 389 g/mol. The Balaban J connectivity index is 1.87. The number of para-hydroxylation sites is 1. The summed E-state index contributed by atoms with van der Waals surface area (Å²) in [5.74, 6) is -1.98. The van der Waals surface area contributed by atoms with Crippen LogP contribution < -0.4 is 10.6 Å². The number of carbonyl (C=O) groups is 2. The van der Waals surface area contributed by atoms with Gasteiger partial charge in [0.2, 0.25) is 11.8 Å². The normalized spacial score (nSPS) is 12.0. The molecule has 0 spiro atoms. The number of carbonyl (C=O) groups excluding carboxylic acids is 2. The molecule has 0 aromatic heterocycles. The molecule has 28 heavy (non-hydrogen) atoms. The fourth-order valence-electron chi connectivity index (χ4n) is 2.95. The maximum absolute atomic E-state index is 13.8. The minimum atomic E-state index is -0.714. The molecule has 0 aliphatic carbocycles. The van der Waals surface area contributed by atoms with Crippen LogP contribution in [0.1, 0.15) is 29.7 Å². The quantitative estimate of drug-likeness (QED) is 0.764. The zero-order valence-corrected chi connectivity index (χ0v) is 16.5. The number of likely N-dealkylation sites (N-methyl/N-ethyl adjacent to an activating group) is 1. The molecular formula is C21H25F2N3O2. The first-order valence-electron chi connectivity index (χ1n) is 8.96. The van der Waals surface area contributed by atoms with Gasteiger partial charge in [0.1, 0.15) is 11.6 Å². The van der Waals surface area contributed by atoms with E-state index < -0.39 is 17.7 Å². The third-order valence-corrected chi connectivity index (χ3v) is 4.38. The smallest absolute Gasteiger partial charge is 0.238 e. The highest BCUT2D eigenvalue weighted by molar-refractivity contribution is 5.94. The van der Waals surface area contributed by atoms with E-state index in [4.69, 9.17) is 0 Å². The number of rotatable bonds is 7. The van der Waals surface area contributed by atoms with Crippen LogP contribution >= 0.6 is 0 Å². The number of nitrogens with one attached hydrogen (secondary N) is 2. The lowest BCUT2D eigenvalue weighted by molar-refractivity contribution is -0.123. The summed E-state index contributed by atoms with van der Waals surface area (Å²) in [4.78, 5) is 26.0. The van der Waals surface area contributed by atoms with Crippen molar-refractivity contribution in [2.45, 2.75) is 26.8 Å². The van der Waals surface area contributed by atoms with Crippen LogP contribution in [0.25, 0.3) is 0 Å². The molecule has 2 aromatic carbocycles. The standard InChI is InChI=1S/C21H25F2N3O2/c1-13-6-5-7-14(2)21(13)25-20(28)12-26(4)11-19(27)24-15(3)17-9-8-16(22)10-18(17)23/h5-10,15H,11-12H2,1-4H3,(H,24,27)(H,25,28)/t15-/m1/s1. The first-order valence-corrected chi connectivity index (χ1v) is 8.96. The summed E-state index contributed by atoms with van der Waals surface area (Å²) < 4.78 is 26.8. The van der Waals surface area contributed by atoms with E-state index in [9.17, 15) is 18.4 Å². The highest BCUT2D eigenvalue weighted by Crippen LogP contribution is 2.19. The SMILES string of the molecule is Cc1cccc(C)c1NC(=O)CN(C)CC(=O)N[C@H](C)c1ccc(F)cc1F. The second kappa shape index (κ2) is 9.41. The van der Waals surface area contributed by atoms with Crippen molar-refractivity contribution >= 4 is 17.5 Å². The fourth-order valence-corrected chi connectivity index (χ4v) is 2.95. The van der Waals surface area contributed by atoms with Gasteiger partial charge in [-0.3, -0.25) is 14.5 Å². The minimum Gasteiger partial charge on any atom is -0.348 e. The van der Waals surface area contributed by atoms with Crippen LogP contribution in [0.15, 0.2) is 36.4 Å². The minimum absolute atomic E-state index is 0.0283. The van der Waals surface area contributed by atoms with Gasteiger partial charge in [-0.2, -0.15) is 0 Å². The van der Waals surface area contributed by atoms with Crippen molar-refractivity contribution in [3.8, 4) is 0 Å². The van der Waals surface area contributed by atoms with E-state index >= 15 is 0 Å². The molecule has 2 rings (SSSR count). The van der Waals surface area contributed by atoms with Gasteiger partial charge in [-0.1, -0.05) is 24.3 Å². The summed E-state index contributed by atoms with van der Waals surface area (Å²) in [6.07, 6.45) is 0. The predicted octanol–water partition coefficient (Wildman–Crippen LogP) is 3.33. The van der Waals surface area contributed by atoms with E-state index in [0.717, 1.165) is 28.9 Å². The zero-order valence-electron chi connectivity index (χ0n) is 16.5. The first kappa shape index (κ1) is 21.5. The van der Waals surface area contributed by atoms with Gasteiger partial charge in [-0.05, 0) is 45.0 Å². The van der Waals surface area contributed by atoms with Crippen LogP contribution in [0.5, 0.6) is 0 Å². The van der Waals surface area contributed by atoms with Crippen molar-refractivity contribution in [1.82, 2.24) is 10.2 Å². The maximum Gasteiger partial charge on any atom is 0.238 e. The van der Waals surface area contributed by atoms with Crippen molar-refractivity contribution < 1.29 is 18.4 Å². The number of anilines is 1. The lowest BCUT2D eigenvalue weighted by Gasteiger charge is -2.20. The Bertz CT molecular complexity index is 850. The van der Waals surface area contributed by atoms with Crippen LogP contribution in [0.3, 0.4) is 0 Å². The number of nitrogens with zero attached hydrogens (tertiary/aromatic N) is 1. The lowest BCUT2D eigenvalue weighted by Crippen LogP contribution is -2.40. The van der Waals surface area contributed by atoms with Crippen LogP contribution in [-0.4, -0.2) is 36.9 Å². The van der Waals surface area contributed by atoms with Crippen LogP contribution in [-0.2, 0) is 9.59 Å². The lowest BCUT2D eigenvalue weighted by atomic mass is 10.1. The zero-order chi connectivity index (χ0) is 20.8. The average Bonchev–Trinajstić information content (AvgIpc) is 2.57. The van der Waals surface area contributed by atoms with Gasteiger partial charge in [0, 0.05) is 17.3 Å². The third-order valence-electron chi connectivity index (χ3n) is 4.38. The van der Waals surface area contributed by atoms with Crippen molar-refractivity contribution in [2.75, 3.05) is 25.5 Å². The largest absolute Gasteiger partial charge is 0.348 e. The summed E-state index contributed by atoms with van der Waals surface area (Å²) in [5, 5.41) is 5.52. The molecule has 7 heteroatoms. The van der Waals surface area contributed by atoms with Crippen LogP contribution in [0.2, 0.25) is 0 Å². The van der Waals surface area contributed by atoms with Gasteiger partial charge in [0.15, 0.2) is 0 Å². The summed E-state index contributed by atoms with van der Waals surface area (Å²) in [6.45, 7) is 5.43. The second-order valence-electron chi connectivity index (χ2n) is 6.94. The van der Waals surface area contributed by atoms with Gasteiger partial charge < -0.3 is 10.6 Å². The number of hydrogen-bond donors (Lipinski definition) is 2. The van der Waals surface area contributed by atoms with Crippen molar-refractivity contribution in [3.05, 3.63) is 64.7 Å². The maximum atomic E-state index is 13.8. The highest BCUT2D eigenvalue weighted by Gasteiger charge is 2.17. The Kier molecular flexibility index (Phi) is 7.23. The summed E-state index contributed by atoms with van der Waals surface area (Å²) in [7, 11) is 1.65. The molecule has 2 aromatic rings. The molecule has 150 valence electrons. The van der Waals surface area contributed by atoms with Crippen LogP contribution in [0, 0.1) is 25.5 Å². The first-order chi connectivity index (χ1) is 13.2. The van der Waals surface area contributed by atoms with E-state index in [1.807, 2.05) is 32.0 Å². The number of hydrogen-bond acceptors (Lipinski definition) is 3. The molecule has 0 saturated carbocycles. The molecule has 0 aliphatic rings. The molecule has 2 amide bonds. The number of benzene rings is 2. The molecule has 0 saturated heterocycles. The molecule has 0 heterocycles. The Hall–Kier alpha value is -2.80. The Morgan fingerprint density at radius 2 is 1.64 bits per heavy atom. The molecule has 0 fully saturated rings. The molecule has 5 nitrogen and oxygen atoms in total. The Morgan fingerprint density at radius 1 is 1.04 bits per heavy atom. The highest BCUT2D eigenvalue weighted by atomic mass is 19.1. The van der Waals surface area contributed by atoms with Crippen molar-refractivity contribution in [2.24, 2.45) is 0 Å². The Morgan fingerprint density at radius 3 is 2.25 bits per heavy atom. The van der Waals surface area contributed by atoms with Gasteiger partial charge in [-0.25, -0.2) is 8.78 Å². The van der Waals surface area contributed by atoms with E-state index in [2.05, 4.69) is 10.6 Å². The Labute approximate surface area is 163 Å². The number of aryl methyl sites for hydroxylation is 2. The fraction of sp³-hybridized carbons (Fsp3) is 0.333. The van der Waals surface area contributed by atoms with Gasteiger partial charge in [0.05, 0.1) is 19.1 Å². The molecular weight excluding hydrogens is 364 g/mol. The van der Waals surface area contributed by atoms with Crippen LogP contribution in [0.4, 0.5) is 14.5 Å². The van der Waals surface area contributed by atoms with Crippen molar-refractivity contribution in [1.29, 1.82) is 0 Å². The molecule has 0 radical (unpaired) electrons. The van der Waals surface area contributed by atoms with E-state index in [-0.39, 0.29) is 30.5 Å². The molecule has 1 atom stereocenters. The van der Waals surface area contributed by atoms with Crippen molar-refractivity contribution in [3.63, 3.8) is 0 Å². The second-order valence-corrected chi connectivity index (χ2v) is 6.94. The molecule has 0 bridgehead atoms. The van der Waals surface area contributed by atoms with E-state index in [0.29, 0.717) is 0 Å². The molecule has 0 unspecified atom stereocenters. The summed E-state index contributed by atoms with van der Waals surface area (Å²) in [6, 6.07) is 8.35.